The zero-order chi connectivity index (χ0) is 13.4. The summed E-state index contributed by atoms with van der Waals surface area (Å²) in [5.41, 5.74) is 1.65. The van der Waals surface area contributed by atoms with E-state index < -0.39 is 11.5 Å². The Morgan fingerprint density at radius 1 is 1.28 bits per heavy atom. The molecule has 18 heavy (non-hydrogen) atoms. The summed E-state index contributed by atoms with van der Waals surface area (Å²) in [6, 6.07) is 10.7. The van der Waals surface area contributed by atoms with Crippen molar-refractivity contribution in [2.75, 3.05) is 0 Å². The number of nitriles is 1. The Morgan fingerprint density at radius 2 is 1.89 bits per heavy atom. The van der Waals surface area contributed by atoms with Crippen molar-refractivity contribution in [3.8, 4) is 6.07 Å². The first kappa shape index (κ1) is 13.1. The number of aliphatic hydroxyl groups excluding tert-OH is 1. The first-order valence-corrected chi connectivity index (χ1v) is 6.55. The van der Waals surface area contributed by atoms with Gasteiger partial charge in [-0.1, -0.05) is 45.0 Å². The third-order valence-corrected chi connectivity index (χ3v) is 4.03. The summed E-state index contributed by atoms with van der Waals surface area (Å²) in [5.74, 6) is 0. The molecule has 1 aromatic rings. The molecule has 0 bridgehead atoms. The van der Waals surface area contributed by atoms with E-state index in [1.165, 1.54) is 11.1 Å². The van der Waals surface area contributed by atoms with E-state index in [2.05, 4.69) is 18.2 Å². The molecule has 0 aliphatic heterocycles. The Balaban J connectivity index is 2.36. The highest BCUT2D eigenvalue weighted by Gasteiger charge is 2.46. The molecule has 0 saturated carbocycles. The summed E-state index contributed by atoms with van der Waals surface area (Å²) in [4.78, 5) is 0. The number of hydrogen-bond donors (Lipinski definition) is 1. The molecule has 1 N–H and O–H groups in total. The fraction of sp³-hybridized carbons (Fsp3) is 0.562. The van der Waals surface area contributed by atoms with E-state index in [-0.39, 0.29) is 5.41 Å². The number of rotatable bonds is 1. The largest absolute Gasteiger partial charge is 0.391 e. The van der Waals surface area contributed by atoms with Crippen LogP contribution in [0, 0.1) is 22.2 Å². The lowest BCUT2D eigenvalue weighted by Gasteiger charge is -2.42. The van der Waals surface area contributed by atoms with Crippen LogP contribution in [-0.4, -0.2) is 11.2 Å². The van der Waals surface area contributed by atoms with Crippen LogP contribution in [0.4, 0.5) is 0 Å². The van der Waals surface area contributed by atoms with Crippen LogP contribution in [0.1, 0.15) is 38.3 Å². The average molecular weight is 243 g/mol. The molecule has 1 aliphatic carbocycles. The highest BCUT2D eigenvalue weighted by atomic mass is 16.3. The number of nitrogens with zero attached hydrogens (tertiary/aromatic N) is 1. The monoisotopic (exact) mass is 243 g/mol. The summed E-state index contributed by atoms with van der Waals surface area (Å²) >= 11 is 0. The SMILES string of the molecule is CC(C)(C)C(O)C1(C#N)CCc2ccccc2C1. The van der Waals surface area contributed by atoms with Gasteiger partial charge >= 0.3 is 0 Å². The van der Waals surface area contributed by atoms with Crippen molar-refractivity contribution in [3.05, 3.63) is 35.4 Å². The van der Waals surface area contributed by atoms with Gasteiger partial charge in [0.05, 0.1) is 17.6 Å². The number of hydrogen-bond acceptors (Lipinski definition) is 2. The Hall–Kier alpha value is -1.33. The van der Waals surface area contributed by atoms with Crippen molar-refractivity contribution in [1.82, 2.24) is 0 Å². The lowest BCUT2D eigenvalue weighted by Crippen LogP contribution is -2.46. The maximum atomic E-state index is 10.6. The second kappa shape index (κ2) is 4.40. The van der Waals surface area contributed by atoms with Crippen molar-refractivity contribution in [2.45, 2.75) is 46.1 Å². The van der Waals surface area contributed by atoms with Gasteiger partial charge in [-0.15, -0.1) is 0 Å². The van der Waals surface area contributed by atoms with Crippen LogP contribution in [-0.2, 0) is 12.8 Å². The molecule has 0 amide bonds. The standard InChI is InChI=1S/C16H21NO/c1-15(2,3)14(18)16(11-17)9-8-12-6-4-5-7-13(12)10-16/h4-7,14,18H,8-10H2,1-3H3. The van der Waals surface area contributed by atoms with Crippen LogP contribution in [0.25, 0.3) is 0 Å². The second-order valence-corrected chi connectivity index (χ2v) is 6.48. The van der Waals surface area contributed by atoms with E-state index in [4.69, 9.17) is 0 Å². The van der Waals surface area contributed by atoms with E-state index in [9.17, 15) is 10.4 Å². The van der Waals surface area contributed by atoms with Gasteiger partial charge in [0.15, 0.2) is 0 Å². The molecule has 0 radical (unpaired) electrons. The molecule has 0 heterocycles. The summed E-state index contributed by atoms with van der Waals surface area (Å²) in [5, 5.41) is 20.2. The average Bonchev–Trinajstić information content (AvgIpc) is 2.36. The van der Waals surface area contributed by atoms with Crippen LogP contribution in [0.2, 0.25) is 0 Å². The Labute approximate surface area is 109 Å². The van der Waals surface area contributed by atoms with Crippen LogP contribution in [0.15, 0.2) is 24.3 Å². The predicted molar refractivity (Wildman–Crippen MR) is 72.0 cm³/mol. The molecule has 0 saturated heterocycles. The summed E-state index contributed by atoms with van der Waals surface area (Å²) in [6.45, 7) is 5.99. The normalized spacial score (nSPS) is 25.1. The number of fused-ring (bicyclic) bond motifs is 1. The van der Waals surface area contributed by atoms with E-state index in [1.54, 1.807) is 0 Å². The topological polar surface area (TPSA) is 44.0 Å². The van der Waals surface area contributed by atoms with Crippen molar-refractivity contribution in [3.63, 3.8) is 0 Å². The fourth-order valence-corrected chi connectivity index (χ4v) is 2.98. The first-order chi connectivity index (χ1) is 8.39. The van der Waals surface area contributed by atoms with Gasteiger partial charge in [-0.2, -0.15) is 5.26 Å². The maximum Gasteiger partial charge on any atom is 0.0880 e. The fourth-order valence-electron chi connectivity index (χ4n) is 2.98. The van der Waals surface area contributed by atoms with Crippen LogP contribution in [0.3, 0.4) is 0 Å². The molecule has 0 fully saturated rings. The van der Waals surface area contributed by atoms with Gasteiger partial charge in [0.1, 0.15) is 0 Å². The zero-order valence-corrected chi connectivity index (χ0v) is 11.4. The van der Waals surface area contributed by atoms with E-state index in [1.807, 2.05) is 32.9 Å². The van der Waals surface area contributed by atoms with Crippen LogP contribution in [0.5, 0.6) is 0 Å². The highest BCUT2D eigenvalue weighted by molar-refractivity contribution is 5.33. The van der Waals surface area contributed by atoms with Gasteiger partial charge < -0.3 is 5.11 Å². The Bertz CT molecular complexity index is 481. The number of benzene rings is 1. The minimum Gasteiger partial charge on any atom is -0.391 e. The van der Waals surface area contributed by atoms with Crippen LogP contribution < -0.4 is 0 Å². The zero-order valence-electron chi connectivity index (χ0n) is 11.4. The molecule has 2 unspecified atom stereocenters. The highest BCUT2D eigenvalue weighted by Crippen LogP contribution is 2.43. The maximum absolute atomic E-state index is 10.6. The minimum atomic E-state index is -0.632. The molecular formula is C16H21NO. The molecule has 0 spiro atoms. The third-order valence-electron chi connectivity index (χ3n) is 4.03. The van der Waals surface area contributed by atoms with E-state index in [0.29, 0.717) is 6.42 Å². The predicted octanol–water partition coefficient (Wildman–Crippen LogP) is 3.09. The lowest BCUT2D eigenvalue weighted by atomic mass is 9.63. The molecule has 96 valence electrons. The van der Waals surface area contributed by atoms with E-state index >= 15 is 0 Å². The summed E-state index contributed by atoms with van der Waals surface area (Å²) < 4.78 is 0. The lowest BCUT2D eigenvalue weighted by molar-refractivity contribution is -0.0283. The van der Waals surface area contributed by atoms with Gasteiger partial charge in [-0.25, -0.2) is 0 Å². The molecule has 2 rings (SSSR count). The molecule has 2 atom stereocenters. The Morgan fingerprint density at radius 3 is 2.44 bits per heavy atom. The summed E-state index contributed by atoms with van der Waals surface area (Å²) in [6.07, 6.45) is 1.71. The molecular weight excluding hydrogens is 222 g/mol. The third kappa shape index (κ3) is 2.15. The molecule has 2 nitrogen and oxygen atoms in total. The van der Waals surface area contributed by atoms with Gasteiger partial charge in [0, 0.05) is 0 Å². The Kier molecular flexibility index (Phi) is 3.21. The van der Waals surface area contributed by atoms with Crippen LogP contribution >= 0.6 is 0 Å². The molecule has 0 aromatic heterocycles. The van der Waals surface area contributed by atoms with Gasteiger partial charge in [0.2, 0.25) is 0 Å². The molecule has 1 aliphatic rings. The quantitative estimate of drug-likeness (QED) is 0.823. The molecule has 1 aromatic carbocycles. The number of aryl methyl sites for hydroxylation is 1. The van der Waals surface area contributed by atoms with E-state index in [0.717, 1.165) is 12.8 Å². The first-order valence-electron chi connectivity index (χ1n) is 6.55. The van der Waals surface area contributed by atoms with Gasteiger partial charge in [-0.05, 0) is 35.8 Å². The molecule has 2 heteroatoms. The second-order valence-electron chi connectivity index (χ2n) is 6.48. The van der Waals surface area contributed by atoms with Crippen molar-refractivity contribution in [2.24, 2.45) is 10.8 Å². The number of aliphatic hydroxyl groups is 1. The minimum absolute atomic E-state index is 0.262. The van der Waals surface area contributed by atoms with Gasteiger partial charge in [-0.3, -0.25) is 0 Å². The van der Waals surface area contributed by atoms with Crippen molar-refractivity contribution in [1.29, 1.82) is 5.26 Å². The van der Waals surface area contributed by atoms with Crippen molar-refractivity contribution >= 4 is 0 Å². The smallest absolute Gasteiger partial charge is 0.0880 e. The summed E-state index contributed by atoms with van der Waals surface area (Å²) in [7, 11) is 0. The van der Waals surface area contributed by atoms with Gasteiger partial charge in [0.25, 0.3) is 0 Å². The van der Waals surface area contributed by atoms with Crippen molar-refractivity contribution < 1.29 is 5.11 Å².